The summed E-state index contributed by atoms with van der Waals surface area (Å²) < 4.78 is 0. The van der Waals surface area contributed by atoms with E-state index in [0.717, 1.165) is 0 Å². The van der Waals surface area contributed by atoms with Crippen LogP contribution in [0, 0.1) is 0 Å². The molecule has 1 aliphatic rings. The second-order valence-electron chi connectivity index (χ2n) is 2.80. The number of nitrogens with two attached hydrogens (primary N) is 2. The Morgan fingerprint density at radius 1 is 1.70 bits per heavy atom. The van der Waals surface area contributed by atoms with Gasteiger partial charge in [-0.25, -0.2) is 0 Å². The summed E-state index contributed by atoms with van der Waals surface area (Å²) in [6, 6.07) is 0.137. The fourth-order valence-electron chi connectivity index (χ4n) is 1.05. The van der Waals surface area contributed by atoms with Gasteiger partial charge in [0.25, 0.3) is 0 Å². The van der Waals surface area contributed by atoms with Crippen molar-refractivity contribution in [2.75, 3.05) is 13.1 Å². The molecule has 2 unspecified atom stereocenters. The van der Waals surface area contributed by atoms with Crippen LogP contribution in [0.1, 0.15) is 6.92 Å². The third-order valence-corrected chi connectivity index (χ3v) is 2.03. The van der Waals surface area contributed by atoms with Crippen LogP contribution in [0.25, 0.3) is 0 Å². The number of aliphatic imine (C=N–C) groups is 1. The van der Waals surface area contributed by atoms with E-state index in [9.17, 15) is 0 Å². The lowest BCUT2D eigenvalue weighted by molar-refractivity contribution is 0.381. The predicted octanol–water partition coefficient (Wildman–Crippen LogP) is -1.34. The second-order valence-corrected chi connectivity index (χ2v) is 2.80. The highest BCUT2D eigenvalue weighted by Crippen LogP contribution is 2.14. The third kappa shape index (κ3) is 0.998. The van der Waals surface area contributed by atoms with Gasteiger partial charge in [-0.15, -0.1) is 0 Å². The fourth-order valence-corrected chi connectivity index (χ4v) is 1.05. The summed E-state index contributed by atoms with van der Waals surface area (Å²) in [5.74, 6) is 0. The quantitative estimate of drug-likeness (QED) is 0.447. The van der Waals surface area contributed by atoms with Gasteiger partial charge in [0.15, 0.2) is 0 Å². The molecule has 58 valence electrons. The molecular formula is C6H14N4. The zero-order chi connectivity index (χ0) is 7.61. The Hall–Kier alpha value is -0.610. The Balaban J connectivity index is 2.62. The van der Waals surface area contributed by atoms with Crippen LogP contribution in [-0.2, 0) is 0 Å². The average Bonchev–Trinajstić information content (AvgIpc) is 2.32. The van der Waals surface area contributed by atoms with Crippen LogP contribution >= 0.6 is 0 Å². The highest BCUT2D eigenvalue weighted by atomic mass is 15.1. The fraction of sp³-hybridized carbons (Fsp3) is 0.833. The Kier molecular flexibility index (Phi) is 1.92. The monoisotopic (exact) mass is 142 g/mol. The van der Waals surface area contributed by atoms with Gasteiger partial charge in [0.1, 0.15) is 0 Å². The van der Waals surface area contributed by atoms with E-state index in [0.29, 0.717) is 13.1 Å². The maximum atomic E-state index is 5.54. The number of hydrogen-bond donors (Lipinski definition) is 3. The van der Waals surface area contributed by atoms with E-state index in [1.807, 2.05) is 6.92 Å². The van der Waals surface area contributed by atoms with Crippen molar-refractivity contribution in [1.82, 2.24) is 5.32 Å². The van der Waals surface area contributed by atoms with E-state index < -0.39 is 0 Å². The minimum Gasteiger partial charge on any atom is -0.368 e. The van der Waals surface area contributed by atoms with Gasteiger partial charge in [-0.2, -0.15) is 0 Å². The molecule has 0 saturated heterocycles. The molecule has 4 heteroatoms. The van der Waals surface area contributed by atoms with Gasteiger partial charge in [0.2, 0.25) is 0 Å². The summed E-state index contributed by atoms with van der Waals surface area (Å²) in [5.41, 5.74) is 10.9. The third-order valence-electron chi connectivity index (χ3n) is 2.03. The molecule has 0 aromatic carbocycles. The highest BCUT2D eigenvalue weighted by molar-refractivity contribution is 5.60. The minimum absolute atomic E-state index is 0.116. The lowest BCUT2D eigenvalue weighted by Crippen LogP contribution is -2.54. The van der Waals surface area contributed by atoms with Gasteiger partial charge in [0, 0.05) is 13.1 Å². The molecule has 1 heterocycles. The lowest BCUT2D eigenvalue weighted by atomic mass is 9.94. The van der Waals surface area contributed by atoms with Gasteiger partial charge in [-0.3, -0.25) is 4.99 Å². The first kappa shape index (κ1) is 7.50. The van der Waals surface area contributed by atoms with E-state index in [2.05, 4.69) is 10.3 Å². The van der Waals surface area contributed by atoms with Gasteiger partial charge < -0.3 is 16.8 Å². The van der Waals surface area contributed by atoms with Crippen molar-refractivity contribution < 1.29 is 0 Å². The van der Waals surface area contributed by atoms with E-state index in [1.54, 1.807) is 6.34 Å². The zero-order valence-electron chi connectivity index (χ0n) is 6.17. The first-order valence-corrected chi connectivity index (χ1v) is 3.42. The molecule has 0 radical (unpaired) electrons. The van der Waals surface area contributed by atoms with Crippen LogP contribution in [0.4, 0.5) is 0 Å². The molecule has 1 aliphatic heterocycles. The smallest absolute Gasteiger partial charge is 0.0878 e. The van der Waals surface area contributed by atoms with Crippen LogP contribution in [0.2, 0.25) is 0 Å². The summed E-state index contributed by atoms with van der Waals surface area (Å²) in [6.07, 6.45) is 1.68. The maximum Gasteiger partial charge on any atom is 0.0878 e. The molecule has 0 fully saturated rings. The van der Waals surface area contributed by atoms with Gasteiger partial charge in [-0.05, 0) is 6.92 Å². The molecule has 1 rings (SSSR count). The van der Waals surface area contributed by atoms with Crippen molar-refractivity contribution in [2.24, 2.45) is 16.5 Å². The van der Waals surface area contributed by atoms with Gasteiger partial charge in [0.05, 0.1) is 17.9 Å². The molecule has 2 atom stereocenters. The van der Waals surface area contributed by atoms with E-state index in [4.69, 9.17) is 11.5 Å². The normalized spacial score (nSPS) is 38.1. The molecule has 10 heavy (non-hydrogen) atoms. The minimum atomic E-state index is -0.116. The van der Waals surface area contributed by atoms with Crippen molar-refractivity contribution in [2.45, 2.75) is 18.5 Å². The summed E-state index contributed by atoms with van der Waals surface area (Å²) in [4.78, 5) is 4.14. The van der Waals surface area contributed by atoms with Crippen LogP contribution in [0.15, 0.2) is 4.99 Å². The summed E-state index contributed by atoms with van der Waals surface area (Å²) in [5, 5.41) is 3.09. The van der Waals surface area contributed by atoms with E-state index in [1.165, 1.54) is 0 Å². The summed E-state index contributed by atoms with van der Waals surface area (Å²) in [7, 11) is 0. The second kappa shape index (κ2) is 2.56. The number of rotatable bonds is 2. The molecule has 0 aromatic rings. The molecule has 0 aliphatic carbocycles. The van der Waals surface area contributed by atoms with Crippen molar-refractivity contribution in [1.29, 1.82) is 0 Å². The molecule has 4 nitrogen and oxygen atoms in total. The Labute approximate surface area is 60.7 Å². The topological polar surface area (TPSA) is 76.4 Å². The van der Waals surface area contributed by atoms with Crippen LogP contribution in [0.3, 0.4) is 0 Å². The number of nitrogens with zero attached hydrogens (tertiary/aromatic N) is 1. The molecular weight excluding hydrogens is 128 g/mol. The number of nitrogens with one attached hydrogen (secondary N) is 1. The SMILES string of the molecule is CC1(CN)NC=NC1CN. The zero-order valence-corrected chi connectivity index (χ0v) is 6.17. The molecule has 0 bridgehead atoms. The lowest BCUT2D eigenvalue weighted by Gasteiger charge is -2.27. The average molecular weight is 142 g/mol. The van der Waals surface area contributed by atoms with Crippen LogP contribution in [0.5, 0.6) is 0 Å². The summed E-state index contributed by atoms with van der Waals surface area (Å²) >= 11 is 0. The molecule has 0 amide bonds. The summed E-state index contributed by atoms with van der Waals surface area (Å²) in [6.45, 7) is 3.14. The first-order chi connectivity index (χ1) is 4.73. The standard InChI is InChI=1S/C6H14N4/c1-6(3-8)5(2-7)9-4-10-6/h4-5H,2-3,7-8H2,1H3,(H,9,10). The van der Waals surface area contributed by atoms with E-state index in [-0.39, 0.29) is 11.6 Å². The Bertz CT molecular complexity index is 145. The van der Waals surface area contributed by atoms with Crippen molar-refractivity contribution in [3.05, 3.63) is 0 Å². The van der Waals surface area contributed by atoms with Gasteiger partial charge in [-0.1, -0.05) is 0 Å². The van der Waals surface area contributed by atoms with Crippen LogP contribution in [-0.4, -0.2) is 31.0 Å². The predicted molar refractivity (Wildman–Crippen MR) is 41.9 cm³/mol. The molecule has 5 N–H and O–H groups in total. The van der Waals surface area contributed by atoms with E-state index >= 15 is 0 Å². The van der Waals surface area contributed by atoms with Gasteiger partial charge >= 0.3 is 0 Å². The number of hydrogen-bond acceptors (Lipinski definition) is 4. The molecule has 0 saturated carbocycles. The largest absolute Gasteiger partial charge is 0.368 e. The molecule has 0 aromatic heterocycles. The maximum absolute atomic E-state index is 5.54. The van der Waals surface area contributed by atoms with Crippen molar-refractivity contribution in [3.8, 4) is 0 Å². The highest BCUT2D eigenvalue weighted by Gasteiger charge is 2.33. The molecule has 0 spiro atoms. The van der Waals surface area contributed by atoms with Crippen molar-refractivity contribution >= 4 is 6.34 Å². The van der Waals surface area contributed by atoms with Crippen molar-refractivity contribution in [3.63, 3.8) is 0 Å². The Morgan fingerprint density at radius 2 is 2.40 bits per heavy atom. The Morgan fingerprint density at radius 3 is 2.80 bits per heavy atom. The van der Waals surface area contributed by atoms with Crippen LogP contribution < -0.4 is 16.8 Å². The first-order valence-electron chi connectivity index (χ1n) is 3.42.